The molecular weight excluding hydrogens is 234 g/mol. The molecular formula is C14H21ClNO+. The summed E-state index contributed by atoms with van der Waals surface area (Å²) in [6, 6.07) is 5.74. The fourth-order valence-corrected chi connectivity index (χ4v) is 1.76. The second-order valence-corrected chi connectivity index (χ2v) is 4.91. The minimum atomic E-state index is 0.527. The van der Waals surface area contributed by atoms with Crippen LogP contribution in [0.1, 0.15) is 19.4 Å². The van der Waals surface area contributed by atoms with Gasteiger partial charge in [-0.05, 0) is 18.2 Å². The van der Waals surface area contributed by atoms with E-state index in [2.05, 4.69) is 25.7 Å². The van der Waals surface area contributed by atoms with Crippen molar-refractivity contribution in [3.05, 3.63) is 41.4 Å². The molecule has 1 rings (SSSR count). The summed E-state index contributed by atoms with van der Waals surface area (Å²) in [5, 5.41) is 3.03. The minimum Gasteiger partial charge on any atom is -0.489 e. The molecule has 94 valence electrons. The van der Waals surface area contributed by atoms with Gasteiger partial charge in [-0.15, -0.1) is 0 Å². The van der Waals surface area contributed by atoms with E-state index < -0.39 is 0 Å². The van der Waals surface area contributed by atoms with E-state index in [0.29, 0.717) is 12.5 Å². The van der Waals surface area contributed by atoms with Gasteiger partial charge < -0.3 is 10.1 Å². The number of hydrogen-bond acceptors (Lipinski definition) is 1. The predicted molar refractivity (Wildman–Crippen MR) is 72.5 cm³/mol. The van der Waals surface area contributed by atoms with Crippen LogP contribution in [0, 0.1) is 5.92 Å². The molecule has 0 fully saturated rings. The van der Waals surface area contributed by atoms with Crippen LogP contribution in [-0.2, 0) is 6.54 Å². The van der Waals surface area contributed by atoms with Crippen molar-refractivity contribution in [3.63, 3.8) is 0 Å². The molecule has 0 saturated heterocycles. The average molecular weight is 255 g/mol. The first-order chi connectivity index (χ1) is 8.13. The summed E-state index contributed by atoms with van der Waals surface area (Å²) in [5.41, 5.74) is 1.14. The van der Waals surface area contributed by atoms with Crippen molar-refractivity contribution in [2.24, 2.45) is 5.92 Å². The van der Waals surface area contributed by atoms with Crippen molar-refractivity contribution < 1.29 is 10.1 Å². The zero-order valence-corrected chi connectivity index (χ0v) is 11.3. The summed E-state index contributed by atoms with van der Waals surface area (Å²) in [6.45, 7) is 10.6. The molecule has 0 aromatic heterocycles. The smallest absolute Gasteiger partial charge is 0.128 e. The Kier molecular flexibility index (Phi) is 6.09. The summed E-state index contributed by atoms with van der Waals surface area (Å²) < 4.78 is 5.60. The monoisotopic (exact) mass is 254 g/mol. The highest BCUT2D eigenvalue weighted by molar-refractivity contribution is 6.30. The normalized spacial score (nSPS) is 10.6. The van der Waals surface area contributed by atoms with Crippen molar-refractivity contribution in [1.82, 2.24) is 0 Å². The van der Waals surface area contributed by atoms with Gasteiger partial charge >= 0.3 is 0 Å². The second-order valence-electron chi connectivity index (χ2n) is 4.47. The molecule has 2 nitrogen and oxygen atoms in total. The molecule has 0 atom stereocenters. The maximum absolute atomic E-state index is 6.00. The highest BCUT2D eigenvalue weighted by atomic mass is 35.5. The molecule has 0 aliphatic carbocycles. The van der Waals surface area contributed by atoms with Gasteiger partial charge in [-0.2, -0.15) is 0 Å². The highest BCUT2D eigenvalue weighted by Gasteiger charge is 2.07. The van der Waals surface area contributed by atoms with Crippen molar-refractivity contribution in [3.8, 4) is 5.75 Å². The first-order valence-corrected chi connectivity index (χ1v) is 6.35. The van der Waals surface area contributed by atoms with E-state index in [0.717, 1.165) is 29.4 Å². The van der Waals surface area contributed by atoms with E-state index in [1.165, 1.54) is 0 Å². The molecule has 17 heavy (non-hydrogen) atoms. The minimum absolute atomic E-state index is 0.527. The molecule has 0 radical (unpaired) electrons. The lowest BCUT2D eigenvalue weighted by Gasteiger charge is -2.10. The molecule has 0 spiro atoms. The number of quaternary nitrogens is 1. The molecule has 1 aromatic rings. The van der Waals surface area contributed by atoms with E-state index in [1.807, 2.05) is 18.2 Å². The molecule has 1 aromatic carbocycles. The fourth-order valence-electron chi connectivity index (χ4n) is 1.57. The molecule has 0 aliphatic rings. The van der Waals surface area contributed by atoms with Crippen LogP contribution in [0.5, 0.6) is 5.75 Å². The van der Waals surface area contributed by atoms with E-state index in [-0.39, 0.29) is 0 Å². The average Bonchev–Trinajstić information content (AvgIpc) is 2.27. The maximum atomic E-state index is 6.00. The number of benzene rings is 1. The fraction of sp³-hybridized carbons (Fsp3) is 0.429. The number of nitrogens with two attached hydrogens (primary N) is 1. The van der Waals surface area contributed by atoms with Gasteiger partial charge in [0.25, 0.3) is 0 Å². The zero-order valence-electron chi connectivity index (χ0n) is 10.6. The topological polar surface area (TPSA) is 25.8 Å². The van der Waals surface area contributed by atoms with Gasteiger partial charge in [0, 0.05) is 16.5 Å². The zero-order chi connectivity index (χ0) is 12.7. The van der Waals surface area contributed by atoms with Crippen LogP contribution in [0.25, 0.3) is 0 Å². The van der Waals surface area contributed by atoms with Crippen LogP contribution in [0.2, 0.25) is 5.02 Å². The molecule has 0 aliphatic heterocycles. The van der Waals surface area contributed by atoms with Crippen LogP contribution in [0.3, 0.4) is 0 Å². The van der Waals surface area contributed by atoms with Gasteiger partial charge in [-0.3, -0.25) is 0 Å². The Hall–Kier alpha value is -0.990. The summed E-state index contributed by atoms with van der Waals surface area (Å²) in [4.78, 5) is 0. The van der Waals surface area contributed by atoms with Crippen LogP contribution < -0.4 is 10.1 Å². The molecule has 2 N–H and O–H groups in total. The van der Waals surface area contributed by atoms with Crippen LogP contribution in [0.15, 0.2) is 30.9 Å². The molecule has 0 bridgehead atoms. The summed E-state index contributed by atoms with van der Waals surface area (Å²) >= 11 is 6.00. The van der Waals surface area contributed by atoms with Crippen molar-refractivity contribution in [2.75, 3.05) is 13.2 Å². The number of hydrogen-bond donors (Lipinski definition) is 1. The standard InChI is InChI=1S/C14H20ClNO/c1-4-7-17-14-6-5-13(15)8-12(14)10-16-9-11(2)3/h4-6,8,11,16H,1,7,9-10H2,2-3H3/p+1. The maximum Gasteiger partial charge on any atom is 0.128 e. The SMILES string of the molecule is C=CCOc1ccc(Cl)cc1C[NH2+]CC(C)C. The van der Waals surface area contributed by atoms with E-state index in [1.54, 1.807) is 6.08 Å². The van der Waals surface area contributed by atoms with Crippen LogP contribution in [-0.4, -0.2) is 13.2 Å². The molecule has 0 unspecified atom stereocenters. The first kappa shape index (κ1) is 14.1. The lowest BCUT2D eigenvalue weighted by molar-refractivity contribution is -0.675. The molecule has 0 amide bonds. The Balaban J connectivity index is 2.65. The van der Waals surface area contributed by atoms with Crippen LogP contribution >= 0.6 is 11.6 Å². The van der Waals surface area contributed by atoms with Crippen molar-refractivity contribution >= 4 is 11.6 Å². The van der Waals surface area contributed by atoms with Crippen LogP contribution in [0.4, 0.5) is 0 Å². The third kappa shape index (κ3) is 5.24. The summed E-state index contributed by atoms with van der Waals surface area (Å²) in [5.74, 6) is 1.58. The summed E-state index contributed by atoms with van der Waals surface area (Å²) in [7, 11) is 0. The third-order valence-corrected chi connectivity index (χ3v) is 2.62. The Morgan fingerprint density at radius 2 is 2.24 bits per heavy atom. The first-order valence-electron chi connectivity index (χ1n) is 5.97. The van der Waals surface area contributed by atoms with Gasteiger partial charge in [-0.25, -0.2) is 0 Å². The van der Waals surface area contributed by atoms with Crippen molar-refractivity contribution in [1.29, 1.82) is 0 Å². The third-order valence-electron chi connectivity index (χ3n) is 2.38. The lowest BCUT2D eigenvalue weighted by atomic mass is 10.2. The van der Waals surface area contributed by atoms with Crippen molar-refractivity contribution in [2.45, 2.75) is 20.4 Å². The van der Waals surface area contributed by atoms with Gasteiger partial charge in [0.15, 0.2) is 0 Å². The quantitative estimate of drug-likeness (QED) is 0.744. The Morgan fingerprint density at radius 1 is 1.47 bits per heavy atom. The van der Waals surface area contributed by atoms with Gasteiger partial charge in [-0.1, -0.05) is 38.1 Å². The highest BCUT2D eigenvalue weighted by Crippen LogP contribution is 2.22. The summed E-state index contributed by atoms with van der Waals surface area (Å²) in [6.07, 6.45) is 1.75. The Bertz CT molecular complexity index is 363. The van der Waals surface area contributed by atoms with E-state index in [9.17, 15) is 0 Å². The van der Waals surface area contributed by atoms with Gasteiger partial charge in [0.1, 0.15) is 18.9 Å². The molecule has 0 heterocycles. The predicted octanol–water partition coefficient (Wildman–Crippen LogP) is 2.62. The largest absolute Gasteiger partial charge is 0.489 e. The second kappa shape index (κ2) is 7.36. The number of ether oxygens (including phenoxy) is 1. The van der Waals surface area contributed by atoms with Gasteiger partial charge in [0.2, 0.25) is 0 Å². The van der Waals surface area contributed by atoms with E-state index >= 15 is 0 Å². The lowest BCUT2D eigenvalue weighted by Crippen LogP contribution is -2.83. The van der Waals surface area contributed by atoms with Gasteiger partial charge in [0.05, 0.1) is 6.54 Å². The Labute approximate surface area is 109 Å². The number of rotatable bonds is 7. The Morgan fingerprint density at radius 3 is 2.88 bits per heavy atom. The number of halogens is 1. The molecule has 0 saturated carbocycles. The van der Waals surface area contributed by atoms with E-state index in [4.69, 9.17) is 16.3 Å². The molecule has 3 heteroatoms.